The Bertz CT molecular complexity index is 570. The molecule has 1 unspecified atom stereocenters. The molecule has 0 heterocycles. The fourth-order valence-corrected chi connectivity index (χ4v) is 2.24. The number of hydrogen-bond donors (Lipinski definition) is 1. The van der Waals surface area contributed by atoms with Gasteiger partial charge in [-0.1, -0.05) is 43.3 Å². The number of nitrogens with one attached hydrogen (secondary N) is 1. The predicted molar refractivity (Wildman–Crippen MR) is 79.0 cm³/mol. The highest BCUT2D eigenvalue weighted by atomic mass is 19.4. The van der Waals surface area contributed by atoms with Crippen LogP contribution in [0, 0.1) is 0 Å². The highest BCUT2D eigenvalue weighted by Crippen LogP contribution is 2.31. The van der Waals surface area contributed by atoms with Crippen molar-refractivity contribution in [2.24, 2.45) is 0 Å². The lowest BCUT2D eigenvalue weighted by atomic mass is 10.0. The second kappa shape index (κ2) is 6.31. The largest absolute Gasteiger partial charge is 0.416 e. The summed E-state index contributed by atoms with van der Waals surface area (Å²) in [6, 6.07) is 13.4. The normalized spacial score (nSPS) is 13.2. The molecule has 1 N–H and O–H groups in total. The summed E-state index contributed by atoms with van der Waals surface area (Å²) in [6.07, 6.45) is -4.29. The van der Waals surface area contributed by atoms with E-state index in [4.69, 9.17) is 0 Å². The van der Waals surface area contributed by atoms with Gasteiger partial charge in [0.25, 0.3) is 0 Å². The molecule has 4 heteroatoms. The Balaban J connectivity index is 2.19. The first kappa shape index (κ1) is 15.6. The molecule has 0 aliphatic heterocycles. The molecule has 0 bridgehead atoms. The van der Waals surface area contributed by atoms with E-state index in [0.717, 1.165) is 35.4 Å². The summed E-state index contributed by atoms with van der Waals surface area (Å²) >= 11 is 0. The first-order valence-corrected chi connectivity index (χ1v) is 6.93. The summed E-state index contributed by atoms with van der Waals surface area (Å²) in [5.41, 5.74) is 2.23. The van der Waals surface area contributed by atoms with Crippen LogP contribution in [-0.2, 0) is 6.18 Å². The molecule has 1 atom stereocenters. The first-order valence-electron chi connectivity index (χ1n) is 6.93. The molecule has 0 radical (unpaired) electrons. The topological polar surface area (TPSA) is 12.0 Å². The van der Waals surface area contributed by atoms with Crippen LogP contribution in [0.3, 0.4) is 0 Å². The monoisotopic (exact) mass is 293 g/mol. The molecule has 2 rings (SSSR count). The van der Waals surface area contributed by atoms with Crippen LogP contribution < -0.4 is 5.32 Å². The summed E-state index contributed by atoms with van der Waals surface area (Å²) in [7, 11) is 0. The van der Waals surface area contributed by atoms with Crippen LogP contribution in [0.25, 0.3) is 11.1 Å². The Kier molecular flexibility index (Phi) is 4.68. The minimum absolute atomic E-state index is 0.261. The third-order valence-corrected chi connectivity index (χ3v) is 3.47. The molecule has 0 aliphatic rings. The Hall–Kier alpha value is -1.81. The summed E-state index contributed by atoms with van der Waals surface area (Å²) in [5, 5.41) is 3.32. The number of benzene rings is 2. The summed E-state index contributed by atoms with van der Waals surface area (Å²) < 4.78 is 37.6. The van der Waals surface area contributed by atoms with Crippen molar-refractivity contribution in [2.75, 3.05) is 6.54 Å². The van der Waals surface area contributed by atoms with Gasteiger partial charge in [-0.3, -0.25) is 0 Å². The number of rotatable bonds is 4. The van der Waals surface area contributed by atoms with Gasteiger partial charge in [0.2, 0.25) is 0 Å². The maximum Gasteiger partial charge on any atom is 0.416 e. The third-order valence-electron chi connectivity index (χ3n) is 3.47. The molecule has 0 spiro atoms. The molecule has 0 aliphatic carbocycles. The number of alkyl halides is 3. The lowest BCUT2D eigenvalue weighted by Gasteiger charge is -2.13. The van der Waals surface area contributed by atoms with Crippen molar-refractivity contribution in [3.05, 3.63) is 59.7 Å². The van der Waals surface area contributed by atoms with Gasteiger partial charge in [-0.2, -0.15) is 13.2 Å². The standard InChI is InChI=1S/C17H18F3N/c1-3-21-12(2)13-4-6-14(7-5-13)15-8-10-16(11-9-15)17(18,19)20/h4-12,21H,3H2,1-2H3. The van der Waals surface area contributed by atoms with Gasteiger partial charge in [0.1, 0.15) is 0 Å². The van der Waals surface area contributed by atoms with E-state index in [2.05, 4.69) is 12.2 Å². The zero-order chi connectivity index (χ0) is 15.5. The predicted octanol–water partition coefficient (Wildman–Crippen LogP) is 5.04. The average Bonchev–Trinajstić information content (AvgIpc) is 2.47. The van der Waals surface area contributed by atoms with Crippen LogP contribution in [0.15, 0.2) is 48.5 Å². The number of hydrogen-bond acceptors (Lipinski definition) is 1. The van der Waals surface area contributed by atoms with Gasteiger partial charge in [-0.25, -0.2) is 0 Å². The van der Waals surface area contributed by atoms with Crippen LogP contribution in [0.4, 0.5) is 13.2 Å². The molecule has 0 amide bonds. The van der Waals surface area contributed by atoms with Crippen LogP contribution in [0.2, 0.25) is 0 Å². The Morgan fingerprint density at radius 2 is 1.38 bits per heavy atom. The van der Waals surface area contributed by atoms with E-state index in [9.17, 15) is 13.2 Å². The zero-order valence-corrected chi connectivity index (χ0v) is 12.0. The SMILES string of the molecule is CCNC(C)c1ccc(-c2ccc(C(F)(F)F)cc2)cc1. The molecule has 112 valence electrons. The van der Waals surface area contributed by atoms with Crippen molar-refractivity contribution in [3.63, 3.8) is 0 Å². The van der Waals surface area contributed by atoms with Gasteiger partial charge in [-0.15, -0.1) is 0 Å². The van der Waals surface area contributed by atoms with E-state index >= 15 is 0 Å². The number of halogens is 3. The summed E-state index contributed by atoms with van der Waals surface area (Å²) in [4.78, 5) is 0. The molecule has 2 aromatic rings. The summed E-state index contributed by atoms with van der Waals surface area (Å²) in [5.74, 6) is 0. The van der Waals surface area contributed by atoms with Crippen LogP contribution in [0.5, 0.6) is 0 Å². The lowest BCUT2D eigenvalue weighted by Crippen LogP contribution is -2.17. The lowest BCUT2D eigenvalue weighted by molar-refractivity contribution is -0.137. The highest BCUT2D eigenvalue weighted by Gasteiger charge is 2.29. The Morgan fingerprint density at radius 1 is 0.905 bits per heavy atom. The van der Waals surface area contributed by atoms with Gasteiger partial charge in [-0.05, 0) is 42.3 Å². The molecular weight excluding hydrogens is 275 g/mol. The van der Waals surface area contributed by atoms with E-state index in [1.54, 1.807) is 0 Å². The van der Waals surface area contributed by atoms with E-state index < -0.39 is 11.7 Å². The Morgan fingerprint density at radius 3 is 1.81 bits per heavy atom. The van der Waals surface area contributed by atoms with Crippen molar-refractivity contribution in [3.8, 4) is 11.1 Å². The molecule has 0 saturated carbocycles. The van der Waals surface area contributed by atoms with Gasteiger partial charge in [0.05, 0.1) is 5.56 Å². The van der Waals surface area contributed by atoms with Crippen molar-refractivity contribution in [1.82, 2.24) is 5.32 Å². The third kappa shape index (κ3) is 3.85. The molecule has 0 fully saturated rings. The minimum Gasteiger partial charge on any atom is -0.310 e. The average molecular weight is 293 g/mol. The van der Waals surface area contributed by atoms with E-state index in [1.807, 2.05) is 31.2 Å². The van der Waals surface area contributed by atoms with Crippen LogP contribution >= 0.6 is 0 Å². The quantitative estimate of drug-likeness (QED) is 0.832. The minimum atomic E-state index is -4.29. The van der Waals surface area contributed by atoms with Crippen LogP contribution in [0.1, 0.15) is 31.0 Å². The zero-order valence-electron chi connectivity index (χ0n) is 12.0. The van der Waals surface area contributed by atoms with E-state index in [1.165, 1.54) is 12.1 Å². The summed E-state index contributed by atoms with van der Waals surface area (Å²) in [6.45, 7) is 5.02. The molecule has 0 saturated heterocycles. The molecule has 0 aromatic heterocycles. The molecule has 2 aromatic carbocycles. The second-order valence-electron chi connectivity index (χ2n) is 4.98. The van der Waals surface area contributed by atoms with Crippen molar-refractivity contribution in [2.45, 2.75) is 26.1 Å². The smallest absolute Gasteiger partial charge is 0.310 e. The van der Waals surface area contributed by atoms with Gasteiger partial charge < -0.3 is 5.32 Å². The van der Waals surface area contributed by atoms with E-state index in [0.29, 0.717) is 0 Å². The van der Waals surface area contributed by atoms with Crippen LogP contribution in [-0.4, -0.2) is 6.54 Å². The maximum absolute atomic E-state index is 12.5. The van der Waals surface area contributed by atoms with Crippen molar-refractivity contribution in [1.29, 1.82) is 0 Å². The first-order chi connectivity index (χ1) is 9.91. The van der Waals surface area contributed by atoms with Crippen molar-refractivity contribution < 1.29 is 13.2 Å². The maximum atomic E-state index is 12.5. The van der Waals surface area contributed by atoms with Crippen molar-refractivity contribution >= 4 is 0 Å². The second-order valence-corrected chi connectivity index (χ2v) is 4.98. The molecular formula is C17H18F3N. The molecule has 1 nitrogen and oxygen atoms in total. The van der Waals surface area contributed by atoms with Gasteiger partial charge in [0.15, 0.2) is 0 Å². The van der Waals surface area contributed by atoms with E-state index in [-0.39, 0.29) is 6.04 Å². The molecule has 21 heavy (non-hydrogen) atoms. The van der Waals surface area contributed by atoms with Gasteiger partial charge >= 0.3 is 6.18 Å². The van der Waals surface area contributed by atoms with Gasteiger partial charge in [0, 0.05) is 6.04 Å². The highest BCUT2D eigenvalue weighted by molar-refractivity contribution is 5.64. The fourth-order valence-electron chi connectivity index (χ4n) is 2.24. The Labute approximate surface area is 122 Å². The fraction of sp³-hybridized carbons (Fsp3) is 0.294.